The van der Waals surface area contributed by atoms with Gasteiger partial charge in [0, 0.05) is 0 Å². The maximum absolute atomic E-state index is 2.54. The van der Waals surface area contributed by atoms with E-state index >= 15 is 0 Å². The molecule has 0 heterocycles. The van der Waals surface area contributed by atoms with Gasteiger partial charge in [-0.05, 0) is 72.1 Å². The van der Waals surface area contributed by atoms with Crippen LogP contribution in [0.1, 0.15) is 54.4 Å². The lowest BCUT2D eigenvalue weighted by Gasteiger charge is -2.33. The predicted octanol–water partition coefficient (Wildman–Crippen LogP) is 7.00. The van der Waals surface area contributed by atoms with Crippen LogP contribution in [0.5, 0.6) is 0 Å². The van der Waals surface area contributed by atoms with Crippen LogP contribution in [0.3, 0.4) is 0 Å². The third-order valence-electron chi connectivity index (χ3n) is 6.06. The first-order chi connectivity index (χ1) is 12.4. The Kier molecular flexibility index (Phi) is 4.10. The van der Waals surface area contributed by atoms with Gasteiger partial charge in [0.1, 0.15) is 0 Å². The number of hydrogen-bond acceptors (Lipinski definition) is 0. The molecule has 0 spiro atoms. The van der Waals surface area contributed by atoms with Crippen molar-refractivity contribution in [3.63, 3.8) is 0 Å². The molecule has 1 heteroatoms. The fourth-order valence-electron chi connectivity index (χ4n) is 4.83. The normalized spacial score (nSPS) is 19.6. The monoisotopic (exact) mass is 344 g/mol. The van der Waals surface area contributed by atoms with Crippen LogP contribution in [-0.4, -0.2) is 5.66 Å². The van der Waals surface area contributed by atoms with Crippen molar-refractivity contribution in [2.75, 3.05) is 0 Å². The number of rotatable bonds is 3. The summed E-state index contributed by atoms with van der Waals surface area (Å²) in [7, 11) is -0.152. The van der Waals surface area contributed by atoms with Crippen LogP contribution in [0.25, 0.3) is 12.2 Å². The lowest BCUT2D eigenvalue weighted by atomic mass is 10.0. The van der Waals surface area contributed by atoms with Gasteiger partial charge in [-0.3, -0.25) is 0 Å². The molecular formula is C24H25P. The predicted molar refractivity (Wildman–Crippen MR) is 110 cm³/mol. The number of hydrogen-bond donors (Lipinski definition) is 0. The molecule has 0 aliphatic heterocycles. The summed E-state index contributed by atoms with van der Waals surface area (Å²) in [5.74, 6) is 0. The van der Waals surface area contributed by atoms with Crippen LogP contribution in [0.4, 0.5) is 0 Å². The van der Waals surface area contributed by atoms with Crippen molar-refractivity contribution in [3.05, 3.63) is 81.4 Å². The van der Waals surface area contributed by atoms with Crippen LogP contribution < -0.4 is 0 Å². The van der Waals surface area contributed by atoms with E-state index in [1.807, 2.05) is 0 Å². The van der Waals surface area contributed by atoms with Crippen molar-refractivity contribution in [3.8, 4) is 0 Å². The fraction of sp³-hybridized carbons (Fsp3) is 0.333. The van der Waals surface area contributed by atoms with Gasteiger partial charge in [-0.15, -0.1) is 0 Å². The summed E-state index contributed by atoms with van der Waals surface area (Å²) in [6, 6.07) is 18.0. The van der Waals surface area contributed by atoms with E-state index in [1.165, 1.54) is 67.2 Å². The van der Waals surface area contributed by atoms with E-state index in [9.17, 15) is 0 Å². The van der Waals surface area contributed by atoms with E-state index in [0.29, 0.717) is 0 Å². The van der Waals surface area contributed by atoms with E-state index in [4.69, 9.17) is 0 Å². The lowest BCUT2D eigenvalue weighted by molar-refractivity contribution is 0.512. The molecule has 1 saturated carbocycles. The molecule has 0 radical (unpaired) electrons. The fourth-order valence-corrected chi connectivity index (χ4v) is 8.25. The summed E-state index contributed by atoms with van der Waals surface area (Å²) in [4.78, 5) is 0. The molecule has 0 bridgehead atoms. The minimum absolute atomic E-state index is 0.152. The Hall–Kier alpha value is -1.65. The summed E-state index contributed by atoms with van der Waals surface area (Å²) >= 11 is 0. The van der Waals surface area contributed by atoms with E-state index in [2.05, 4.69) is 60.7 Å². The quantitative estimate of drug-likeness (QED) is 0.526. The van der Waals surface area contributed by atoms with Crippen molar-refractivity contribution >= 4 is 20.1 Å². The summed E-state index contributed by atoms with van der Waals surface area (Å²) in [6.45, 7) is 0. The zero-order valence-corrected chi connectivity index (χ0v) is 15.6. The largest absolute Gasteiger partial charge is 0.0619 e. The summed E-state index contributed by atoms with van der Waals surface area (Å²) in [6.07, 6.45) is 14.6. The van der Waals surface area contributed by atoms with E-state index < -0.39 is 0 Å². The highest BCUT2D eigenvalue weighted by Crippen LogP contribution is 2.64. The van der Waals surface area contributed by atoms with Gasteiger partial charge < -0.3 is 0 Å². The molecule has 0 saturated heterocycles. The first kappa shape index (κ1) is 15.6. The average molecular weight is 344 g/mol. The SMILES string of the molecule is C1=C(P(C2=Cc3ccccc3C2)C2CCCCC2)Cc2ccccc21. The Morgan fingerprint density at radius 3 is 1.68 bits per heavy atom. The van der Waals surface area contributed by atoms with E-state index in [-0.39, 0.29) is 7.92 Å². The van der Waals surface area contributed by atoms with Gasteiger partial charge in [0.2, 0.25) is 0 Å². The van der Waals surface area contributed by atoms with E-state index in [1.54, 1.807) is 10.6 Å². The van der Waals surface area contributed by atoms with Crippen molar-refractivity contribution in [2.45, 2.75) is 50.6 Å². The van der Waals surface area contributed by atoms with Gasteiger partial charge in [0.15, 0.2) is 0 Å². The van der Waals surface area contributed by atoms with Crippen molar-refractivity contribution in [1.29, 1.82) is 0 Å². The summed E-state index contributed by atoms with van der Waals surface area (Å²) < 4.78 is 0. The van der Waals surface area contributed by atoms with Crippen molar-refractivity contribution in [1.82, 2.24) is 0 Å². The number of allylic oxidation sites excluding steroid dienone is 2. The molecule has 0 atom stereocenters. The first-order valence-electron chi connectivity index (χ1n) is 9.75. The summed E-state index contributed by atoms with van der Waals surface area (Å²) in [5, 5.41) is 3.48. The molecule has 126 valence electrons. The zero-order valence-electron chi connectivity index (χ0n) is 14.7. The molecule has 25 heavy (non-hydrogen) atoms. The van der Waals surface area contributed by atoms with Crippen molar-refractivity contribution in [2.24, 2.45) is 0 Å². The molecule has 5 rings (SSSR count). The molecule has 0 amide bonds. The minimum atomic E-state index is -0.152. The topological polar surface area (TPSA) is 0 Å². The zero-order chi connectivity index (χ0) is 16.6. The van der Waals surface area contributed by atoms with Gasteiger partial charge >= 0.3 is 0 Å². The second-order valence-electron chi connectivity index (χ2n) is 7.68. The van der Waals surface area contributed by atoms with Crippen LogP contribution >= 0.6 is 7.92 Å². The minimum Gasteiger partial charge on any atom is -0.0619 e. The maximum atomic E-state index is 2.54. The molecule has 0 aromatic heterocycles. The van der Waals surface area contributed by atoms with Gasteiger partial charge in [-0.2, -0.15) is 0 Å². The van der Waals surface area contributed by atoms with Crippen LogP contribution in [0.2, 0.25) is 0 Å². The Bertz CT molecular complexity index is 788. The van der Waals surface area contributed by atoms with Crippen molar-refractivity contribution < 1.29 is 0 Å². The Balaban J connectivity index is 1.51. The van der Waals surface area contributed by atoms with Crippen LogP contribution in [0, 0.1) is 0 Å². The molecule has 1 fully saturated rings. The lowest BCUT2D eigenvalue weighted by Crippen LogP contribution is -2.12. The molecule has 3 aliphatic carbocycles. The molecule has 2 aromatic rings. The Morgan fingerprint density at radius 1 is 0.640 bits per heavy atom. The second-order valence-corrected chi connectivity index (χ2v) is 10.3. The number of benzene rings is 2. The third-order valence-corrected chi connectivity index (χ3v) is 9.12. The maximum Gasteiger partial charge on any atom is -0.00119 e. The molecule has 2 aromatic carbocycles. The van der Waals surface area contributed by atoms with Gasteiger partial charge in [-0.1, -0.05) is 79.9 Å². The van der Waals surface area contributed by atoms with Gasteiger partial charge in [0.25, 0.3) is 0 Å². The highest BCUT2D eigenvalue weighted by Gasteiger charge is 2.33. The second kappa shape index (κ2) is 6.58. The van der Waals surface area contributed by atoms with Crippen LogP contribution in [-0.2, 0) is 12.8 Å². The molecular weight excluding hydrogens is 319 g/mol. The molecule has 3 aliphatic rings. The van der Waals surface area contributed by atoms with Crippen LogP contribution in [0.15, 0.2) is 59.2 Å². The Morgan fingerprint density at radius 2 is 1.16 bits per heavy atom. The standard InChI is InChI=1S/C24H25P/c1-2-12-22(13-3-1)25(23-14-18-8-4-5-9-19(18)15-23)24-16-20-10-6-7-11-21(20)17-24/h4-11,14,16,22H,1-3,12-13,15,17H2. The van der Waals surface area contributed by atoms with Gasteiger partial charge in [-0.25, -0.2) is 0 Å². The first-order valence-corrected chi connectivity index (χ1v) is 11.2. The highest BCUT2D eigenvalue weighted by molar-refractivity contribution is 7.67. The van der Waals surface area contributed by atoms with Gasteiger partial charge in [0.05, 0.1) is 0 Å². The average Bonchev–Trinajstić information content (AvgIpc) is 3.26. The third kappa shape index (κ3) is 2.91. The molecule has 0 N–H and O–H groups in total. The smallest absolute Gasteiger partial charge is 0.00119 e. The molecule has 0 unspecified atom stereocenters. The Labute approximate surface area is 152 Å². The van der Waals surface area contributed by atoms with E-state index in [0.717, 1.165) is 5.66 Å². The number of fused-ring (bicyclic) bond motifs is 2. The highest BCUT2D eigenvalue weighted by atomic mass is 31.1. The molecule has 0 nitrogen and oxygen atoms in total. The summed E-state index contributed by atoms with van der Waals surface area (Å²) in [5.41, 5.74) is 6.92.